The normalized spacial score (nSPS) is 10.7. The number of anilines is 2. The van der Waals surface area contributed by atoms with Crippen LogP contribution in [0.25, 0.3) is 0 Å². The molecule has 0 unspecified atom stereocenters. The first-order chi connectivity index (χ1) is 13.6. The summed E-state index contributed by atoms with van der Waals surface area (Å²) in [5, 5.41) is 2.94. The number of rotatable bonds is 8. The second kappa shape index (κ2) is 9.65. The Bertz CT molecular complexity index is 881. The molecule has 0 spiro atoms. The lowest BCUT2D eigenvalue weighted by molar-refractivity contribution is 0.0947. The lowest BCUT2D eigenvalue weighted by Crippen LogP contribution is -2.27. The van der Waals surface area contributed by atoms with E-state index in [-0.39, 0.29) is 5.91 Å². The van der Waals surface area contributed by atoms with Crippen molar-refractivity contribution < 1.29 is 4.79 Å². The van der Waals surface area contributed by atoms with E-state index in [1.807, 2.05) is 53.4 Å². The number of carbonyl (C=O) groups is 1. The molecule has 0 radical (unpaired) electrons. The Balaban J connectivity index is 1.85. The van der Waals surface area contributed by atoms with E-state index in [4.69, 9.17) is 0 Å². The molecule has 5 nitrogen and oxygen atoms in total. The molecule has 28 heavy (non-hydrogen) atoms. The van der Waals surface area contributed by atoms with Gasteiger partial charge in [0.2, 0.25) is 5.95 Å². The molecule has 0 bridgehead atoms. The summed E-state index contributed by atoms with van der Waals surface area (Å²) in [6.07, 6.45) is 2.58. The lowest BCUT2D eigenvalue weighted by Gasteiger charge is -2.23. The van der Waals surface area contributed by atoms with Gasteiger partial charge in [-0.15, -0.1) is 0 Å². The summed E-state index contributed by atoms with van der Waals surface area (Å²) in [5.74, 6) is 0.879. The monoisotopic (exact) mass is 374 g/mol. The fraction of sp³-hybridized carbons (Fsp3) is 0.261. The highest BCUT2D eigenvalue weighted by atomic mass is 16.1. The van der Waals surface area contributed by atoms with Gasteiger partial charge in [0, 0.05) is 18.4 Å². The zero-order valence-electron chi connectivity index (χ0n) is 16.4. The Hall–Kier alpha value is -3.21. The van der Waals surface area contributed by atoms with E-state index in [1.54, 1.807) is 12.3 Å². The summed E-state index contributed by atoms with van der Waals surface area (Å²) in [5.41, 5.74) is 2.49. The molecule has 0 saturated heterocycles. The second-order valence-electron chi connectivity index (χ2n) is 7.09. The Morgan fingerprint density at radius 1 is 1.00 bits per heavy atom. The Labute approximate surface area is 166 Å². The average Bonchev–Trinajstić information content (AvgIpc) is 2.73. The van der Waals surface area contributed by atoms with Crippen molar-refractivity contribution in [3.8, 4) is 0 Å². The topological polar surface area (TPSA) is 58.1 Å². The van der Waals surface area contributed by atoms with Crippen LogP contribution in [0.15, 0.2) is 72.9 Å². The number of aromatic nitrogens is 2. The summed E-state index contributed by atoms with van der Waals surface area (Å²) < 4.78 is 0. The maximum atomic E-state index is 12.5. The maximum absolute atomic E-state index is 12.5. The quantitative estimate of drug-likeness (QED) is 0.626. The molecule has 0 aliphatic heterocycles. The van der Waals surface area contributed by atoms with Crippen LogP contribution in [-0.2, 0) is 6.54 Å². The molecule has 3 aromatic rings. The number of hydrogen-bond donors (Lipinski definition) is 1. The number of hydrogen-bond acceptors (Lipinski definition) is 4. The van der Waals surface area contributed by atoms with Crippen LogP contribution >= 0.6 is 0 Å². The minimum absolute atomic E-state index is 0.169. The van der Waals surface area contributed by atoms with Gasteiger partial charge in [-0.25, -0.2) is 9.97 Å². The van der Waals surface area contributed by atoms with Gasteiger partial charge in [-0.05, 0) is 36.1 Å². The largest absolute Gasteiger partial charge is 0.351 e. The number of carbonyl (C=O) groups excluding carboxylic acids is 1. The number of para-hydroxylation sites is 1. The lowest BCUT2D eigenvalue weighted by atomic mass is 10.1. The molecule has 5 heteroatoms. The van der Waals surface area contributed by atoms with Crippen LogP contribution in [0.5, 0.6) is 0 Å². The second-order valence-corrected chi connectivity index (χ2v) is 7.09. The Morgan fingerprint density at radius 3 is 2.36 bits per heavy atom. The van der Waals surface area contributed by atoms with Crippen LogP contribution in [0.4, 0.5) is 11.6 Å². The van der Waals surface area contributed by atoms with Crippen molar-refractivity contribution in [2.24, 2.45) is 5.92 Å². The standard InChI is InChI=1S/C23H26N4O/c1-18(2)13-15-24-22(28)21-14-16-25-23(26-21)27(20-11-7-4-8-12-20)17-19-9-5-3-6-10-19/h3-12,14,16,18H,13,15,17H2,1-2H3,(H,24,28). The van der Waals surface area contributed by atoms with Crippen LogP contribution in [0.3, 0.4) is 0 Å². The van der Waals surface area contributed by atoms with Crippen LogP contribution in [0.1, 0.15) is 36.3 Å². The molecule has 1 amide bonds. The van der Waals surface area contributed by atoms with Crippen molar-refractivity contribution in [3.63, 3.8) is 0 Å². The van der Waals surface area contributed by atoms with Gasteiger partial charge in [-0.2, -0.15) is 0 Å². The zero-order chi connectivity index (χ0) is 19.8. The summed E-state index contributed by atoms with van der Waals surface area (Å²) in [6, 6.07) is 21.8. The molecule has 0 fully saturated rings. The molecule has 0 atom stereocenters. The van der Waals surface area contributed by atoms with Gasteiger partial charge in [-0.3, -0.25) is 4.79 Å². The third-order valence-corrected chi connectivity index (χ3v) is 4.38. The molecule has 3 rings (SSSR count). The smallest absolute Gasteiger partial charge is 0.270 e. The number of amides is 1. The number of nitrogens with zero attached hydrogens (tertiary/aromatic N) is 3. The van der Waals surface area contributed by atoms with Crippen LogP contribution in [0, 0.1) is 5.92 Å². The molecule has 144 valence electrons. The summed E-state index contributed by atoms with van der Waals surface area (Å²) in [6.45, 7) is 5.53. The van der Waals surface area contributed by atoms with E-state index in [2.05, 4.69) is 41.3 Å². The SMILES string of the molecule is CC(C)CCNC(=O)c1ccnc(N(Cc2ccccc2)c2ccccc2)n1. The van der Waals surface area contributed by atoms with Crippen molar-refractivity contribution in [1.82, 2.24) is 15.3 Å². The minimum atomic E-state index is -0.169. The van der Waals surface area contributed by atoms with Gasteiger partial charge >= 0.3 is 0 Å². The molecule has 0 aliphatic rings. The van der Waals surface area contributed by atoms with Crippen molar-refractivity contribution in [1.29, 1.82) is 0 Å². The highest BCUT2D eigenvalue weighted by Crippen LogP contribution is 2.24. The van der Waals surface area contributed by atoms with Crippen molar-refractivity contribution in [2.45, 2.75) is 26.8 Å². The molecule has 1 heterocycles. The van der Waals surface area contributed by atoms with E-state index in [1.165, 1.54) is 0 Å². The Morgan fingerprint density at radius 2 is 1.68 bits per heavy atom. The van der Waals surface area contributed by atoms with Gasteiger partial charge in [-0.1, -0.05) is 62.4 Å². The highest BCUT2D eigenvalue weighted by molar-refractivity contribution is 5.92. The first kappa shape index (κ1) is 19.5. The number of nitrogens with one attached hydrogen (secondary N) is 1. The van der Waals surface area contributed by atoms with E-state index in [0.29, 0.717) is 30.6 Å². The van der Waals surface area contributed by atoms with Gasteiger partial charge in [0.05, 0.1) is 6.54 Å². The molecular weight excluding hydrogens is 348 g/mol. The molecule has 0 saturated carbocycles. The maximum Gasteiger partial charge on any atom is 0.270 e. The van der Waals surface area contributed by atoms with Gasteiger partial charge in [0.25, 0.3) is 5.91 Å². The van der Waals surface area contributed by atoms with Crippen molar-refractivity contribution in [2.75, 3.05) is 11.4 Å². The predicted octanol–water partition coefficient (Wildman–Crippen LogP) is 4.59. The van der Waals surface area contributed by atoms with E-state index in [0.717, 1.165) is 17.7 Å². The van der Waals surface area contributed by atoms with Crippen molar-refractivity contribution >= 4 is 17.5 Å². The third kappa shape index (κ3) is 5.39. The molecule has 0 aliphatic carbocycles. The van der Waals surface area contributed by atoms with E-state index < -0.39 is 0 Å². The molecule has 1 N–H and O–H groups in total. The fourth-order valence-corrected chi connectivity index (χ4v) is 2.82. The Kier molecular flexibility index (Phi) is 6.73. The minimum Gasteiger partial charge on any atom is -0.351 e. The third-order valence-electron chi connectivity index (χ3n) is 4.38. The molecular formula is C23H26N4O. The average molecular weight is 374 g/mol. The van der Waals surface area contributed by atoms with Gasteiger partial charge in [0.1, 0.15) is 5.69 Å². The highest BCUT2D eigenvalue weighted by Gasteiger charge is 2.16. The van der Waals surface area contributed by atoms with Crippen LogP contribution in [0.2, 0.25) is 0 Å². The van der Waals surface area contributed by atoms with Crippen LogP contribution < -0.4 is 10.2 Å². The summed E-state index contributed by atoms with van der Waals surface area (Å²) in [4.78, 5) is 23.5. The first-order valence-electron chi connectivity index (χ1n) is 9.61. The number of benzene rings is 2. The summed E-state index contributed by atoms with van der Waals surface area (Å²) in [7, 11) is 0. The summed E-state index contributed by atoms with van der Waals surface area (Å²) >= 11 is 0. The molecule has 2 aromatic carbocycles. The van der Waals surface area contributed by atoms with Crippen molar-refractivity contribution in [3.05, 3.63) is 84.2 Å². The van der Waals surface area contributed by atoms with Crippen LogP contribution in [-0.4, -0.2) is 22.4 Å². The van der Waals surface area contributed by atoms with E-state index in [9.17, 15) is 4.79 Å². The first-order valence-corrected chi connectivity index (χ1v) is 9.61. The van der Waals surface area contributed by atoms with Gasteiger partial charge < -0.3 is 10.2 Å². The predicted molar refractivity (Wildman–Crippen MR) is 113 cm³/mol. The molecule has 1 aromatic heterocycles. The fourth-order valence-electron chi connectivity index (χ4n) is 2.82. The van der Waals surface area contributed by atoms with Gasteiger partial charge in [0.15, 0.2) is 0 Å². The van der Waals surface area contributed by atoms with E-state index >= 15 is 0 Å². The zero-order valence-corrected chi connectivity index (χ0v) is 16.4.